The van der Waals surface area contributed by atoms with Gasteiger partial charge in [-0.25, -0.2) is 9.07 Å². The number of halogens is 1. The van der Waals surface area contributed by atoms with Gasteiger partial charge in [-0.3, -0.25) is 4.79 Å². The van der Waals surface area contributed by atoms with Gasteiger partial charge in [0.15, 0.2) is 5.69 Å². The number of ether oxygens (including phenoxy) is 2. The van der Waals surface area contributed by atoms with Crippen LogP contribution < -0.4 is 10.1 Å². The standard InChI is InChI=1S/C19H17FN4O3/c1-26-13-8-6-12(7-9-13)17-10-24-16(11-27-17)18(22-23-24)19(25)21-15-5-3-2-4-14(15)20/h2-9,17H,10-11H2,1H3,(H,21,25). The maximum absolute atomic E-state index is 13.7. The monoisotopic (exact) mass is 368 g/mol. The van der Waals surface area contributed by atoms with E-state index in [1.165, 1.54) is 12.1 Å². The quantitative estimate of drug-likeness (QED) is 0.766. The number of para-hydroxylation sites is 1. The Kier molecular flexibility index (Phi) is 4.55. The van der Waals surface area contributed by atoms with Gasteiger partial charge in [-0.2, -0.15) is 0 Å². The number of amides is 1. The lowest BCUT2D eigenvalue weighted by molar-refractivity contribution is -0.00173. The van der Waals surface area contributed by atoms with Gasteiger partial charge < -0.3 is 14.8 Å². The van der Waals surface area contributed by atoms with E-state index in [4.69, 9.17) is 9.47 Å². The largest absolute Gasteiger partial charge is 0.497 e. The molecule has 1 atom stereocenters. The molecule has 7 nitrogen and oxygen atoms in total. The van der Waals surface area contributed by atoms with Gasteiger partial charge in [0.25, 0.3) is 5.91 Å². The van der Waals surface area contributed by atoms with Crippen molar-refractivity contribution in [2.24, 2.45) is 0 Å². The summed E-state index contributed by atoms with van der Waals surface area (Å²) in [6.07, 6.45) is -0.201. The minimum Gasteiger partial charge on any atom is -0.497 e. The van der Waals surface area contributed by atoms with Gasteiger partial charge in [-0.1, -0.05) is 29.5 Å². The summed E-state index contributed by atoms with van der Waals surface area (Å²) in [6, 6.07) is 13.5. The first-order valence-corrected chi connectivity index (χ1v) is 8.39. The summed E-state index contributed by atoms with van der Waals surface area (Å²) in [6.45, 7) is 0.616. The third-order valence-corrected chi connectivity index (χ3v) is 4.42. The van der Waals surface area contributed by atoms with Crippen LogP contribution in [0.5, 0.6) is 5.75 Å². The average molecular weight is 368 g/mol. The fourth-order valence-corrected chi connectivity index (χ4v) is 2.95. The zero-order chi connectivity index (χ0) is 18.8. The van der Waals surface area contributed by atoms with E-state index in [1.807, 2.05) is 24.3 Å². The molecular weight excluding hydrogens is 351 g/mol. The first kappa shape index (κ1) is 17.2. The number of hydrogen-bond acceptors (Lipinski definition) is 5. The molecule has 4 rings (SSSR count). The minimum absolute atomic E-state index is 0.0945. The third-order valence-electron chi connectivity index (χ3n) is 4.42. The highest BCUT2D eigenvalue weighted by atomic mass is 19.1. The smallest absolute Gasteiger partial charge is 0.278 e. The van der Waals surface area contributed by atoms with Crippen LogP contribution in [0.15, 0.2) is 48.5 Å². The Morgan fingerprint density at radius 2 is 2.04 bits per heavy atom. The molecule has 3 aromatic rings. The topological polar surface area (TPSA) is 78.3 Å². The molecule has 0 bridgehead atoms. The van der Waals surface area contributed by atoms with Crippen molar-refractivity contribution in [3.8, 4) is 5.75 Å². The van der Waals surface area contributed by atoms with Gasteiger partial charge in [-0.05, 0) is 29.8 Å². The molecule has 2 aromatic carbocycles. The molecule has 0 radical (unpaired) electrons. The molecule has 1 unspecified atom stereocenters. The summed E-state index contributed by atoms with van der Waals surface area (Å²) in [5.41, 5.74) is 1.77. The molecule has 0 fully saturated rings. The number of hydrogen-bond donors (Lipinski definition) is 1. The maximum atomic E-state index is 13.7. The Labute approximate surface area is 154 Å². The van der Waals surface area contributed by atoms with Gasteiger partial charge in [0.05, 0.1) is 31.6 Å². The van der Waals surface area contributed by atoms with Crippen LogP contribution in [0, 0.1) is 5.82 Å². The lowest BCUT2D eigenvalue weighted by Crippen LogP contribution is -2.24. The zero-order valence-corrected chi connectivity index (χ0v) is 14.6. The van der Waals surface area contributed by atoms with Crippen LogP contribution in [0.25, 0.3) is 0 Å². The van der Waals surface area contributed by atoms with E-state index in [2.05, 4.69) is 15.6 Å². The number of anilines is 1. The molecule has 1 aliphatic heterocycles. The van der Waals surface area contributed by atoms with Crippen molar-refractivity contribution in [3.63, 3.8) is 0 Å². The van der Waals surface area contributed by atoms with E-state index in [0.717, 1.165) is 11.3 Å². The van der Waals surface area contributed by atoms with Gasteiger partial charge >= 0.3 is 0 Å². The predicted molar refractivity (Wildman–Crippen MR) is 94.9 cm³/mol. The van der Waals surface area contributed by atoms with E-state index in [0.29, 0.717) is 12.2 Å². The SMILES string of the molecule is COc1ccc(C2Cn3nnc(C(=O)Nc4ccccc4F)c3CO2)cc1. The van der Waals surface area contributed by atoms with Crippen molar-refractivity contribution in [2.75, 3.05) is 12.4 Å². The van der Waals surface area contributed by atoms with Crippen molar-refractivity contribution < 1.29 is 18.7 Å². The molecule has 138 valence electrons. The van der Waals surface area contributed by atoms with Crippen LogP contribution in [0.4, 0.5) is 10.1 Å². The van der Waals surface area contributed by atoms with Gasteiger partial charge in [-0.15, -0.1) is 5.10 Å². The summed E-state index contributed by atoms with van der Waals surface area (Å²) in [4.78, 5) is 12.5. The van der Waals surface area contributed by atoms with Gasteiger partial charge in [0.1, 0.15) is 17.7 Å². The lowest BCUT2D eigenvalue weighted by Gasteiger charge is -2.24. The summed E-state index contributed by atoms with van der Waals surface area (Å²) >= 11 is 0. The summed E-state index contributed by atoms with van der Waals surface area (Å²) in [7, 11) is 1.61. The fraction of sp³-hybridized carbons (Fsp3) is 0.211. The highest BCUT2D eigenvalue weighted by Crippen LogP contribution is 2.28. The molecule has 1 aliphatic rings. The van der Waals surface area contributed by atoms with E-state index >= 15 is 0 Å². The number of methoxy groups -OCH3 is 1. The minimum atomic E-state index is -0.521. The molecule has 1 amide bonds. The summed E-state index contributed by atoms with van der Waals surface area (Å²) in [5, 5.41) is 10.5. The van der Waals surface area contributed by atoms with Crippen LogP contribution in [-0.4, -0.2) is 28.0 Å². The van der Waals surface area contributed by atoms with Crippen LogP contribution in [0.3, 0.4) is 0 Å². The summed E-state index contributed by atoms with van der Waals surface area (Å²) < 4.78 is 26.4. The Bertz CT molecular complexity index is 971. The Morgan fingerprint density at radius 1 is 1.26 bits per heavy atom. The molecule has 1 N–H and O–H groups in total. The van der Waals surface area contributed by atoms with Crippen molar-refractivity contribution in [1.82, 2.24) is 15.0 Å². The first-order chi connectivity index (χ1) is 13.2. The van der Waals surface area contributed by atoms with E-state index in [-0.39, 0.29) is 24.1 Å². The second-order valence-corrected chi connectivity index (χ2v) is 6.07. The van der Waals surface area contributed by atoms with Crippen molar-refractivity contribution in [2.45, 2.75) is 19.3 Å². The second kappa shape index (κ2) is 7.16. The van der Waals surface area contributed by atoms with Crippen molar-refractivity contribution in [3.05, 3.63) is 71.3 Å². The number of fused-ring (bicyclic) bond motifs is 1. The second-order valence-electron chi connectivity index (χ2n) is 6.07. The van der Waals surface area contributed by atoms with Crippen molar-refractivity contribution in [1.29, 1.82) is 0 Å². The number of carbonyl (C=O) groups excluding carboxylic acids is 1. The number of nitrogens with one attached hydrogen (secondary N) is 1. The van der Waals surface area contributed by atoms with Gasteiger partial charge in [0.2, 0.25) is 0 Å². The highest BCUT2D eigenvalue weighted by Gasteiger charge is 2.28. The van der Waals surface area contributed by atoms with Crippen molar-refractivity contribution >= 4 is 11.6 Å². The number of nitrogens with zero attached hydrogens (tertiary/aromatic N) is 3. The average Bonchev–Trinajstić information content (AvgIpc) is 3.13. The molecule has 2 heterocycles. The maximum Gasteiger partial charge on any atom is 0.278 e. The van der Waals surface area contributed by atoms with Crippen LogP contribution in [-0.2, 0) is 17.9 Å². The predicted octanol–water partition coefficient (Wildman–Crippen LogP) is 2.95. The van der Waals surface area contributed by atoms with E-state index < -0.39 is 11.7 Å². The number of aromatic nitrogens is 3. The molecule has 1 aromatic heterocycles. The Balaban J connectivity index is 1.51. The van der Waals surface area contributed by atoms with E-state index in [1.54, 1.807) is 23.9 Å². The van der Waals surface area contributed by atoms with Crippen LogP contribution in [0.2, 0.25) is 0 Å². The Morgan fingerprint density at radius 3 is 2.78 bits per heavy atom. The molecule has 0 saturated heterocycles. The first-order valence-electron chi connectivity index (χ1n) is 8.39. The lowest BCUT2D eigenvalue weighted by atomic mass is 10.1. The molecule has 0 spiro atoms. The molecular formula is C19H17FN4O3. The Hall–Kier alpha value is -3.26. The molecule has 0 aliphatic carbocycles. The fourth-order valence-electron chi connectivity index (χ4n) is 2.95. The third kappa shape index (κ3) is 3.39. The van der Waals surface area contributed by atoms with Crippen LogP contribution >= 0.6 is 0 Å². The molecule has 0 saturated carbocycles. The summed E-state index contributed by atoms with van der Waals surface area (Å²) in [5.74, 6) is -0.265. The number of rotatable bonds is 4. The molecule has 8 heteroatoms. The normalized spacial score (nSPS) is 15.9. The van der Waals surface area contributed by atoms with Crippen LogP contribution in [0.1, 0.15) is 27.8 Å². The number of benzene rings is 2. The van der Waals surface area contributed by atoms with Gasteiger partial charge in [0, 0.05) is 0 Å². The highest BCUT2D eigenvalue weighted by molar-refractivity contribution is 6.03. The number of carbonyl (C=O) groups is 1. The molecule has 27 heavy (non-hydrogen) atoms. The van der Waals surface area contributed by atoms with E-state index in [9.17, 15) is 9.18 Å². The zero-order valence-electron chi connectivity index (χ0n) is 14.6.